The number of nitrogens with zero attached hydrogens (tertiary/aromatic N) is 2. The van der Waals surface area contributed by atoms with E-state index in [0.717, 1.165) is 17.7 Å². The van der Waals surface area contributed by atoms with Crippen molar-refractivity contribution in [2.24, 2.45) is 16.1 Å². The van der Waals surface area contributed by atoms with E-state index in [4.69, 9.17) is 14.6 Å². The molecule has 2 atom stereocenters. The molecule has 0 spiro atoms. The number of oxime groups is 1. The number of methoxy groups -OCH3 is 1. The highest BCUT2D eigenvalue weighted by Gasteiger charge is 2.40. The normalized spacial score (nSPS) is 22.1. The number of aliphatic imine (C=N–C) groups is 1. The number of alkyl halides is 3. The van der Waals surface area contributed by atoms with Gasteiger partial charge < -0.3 is 20.2 Å². The lowest BCUT2D eigenvalue weighted by Crippen LogP contribution is -2.41. The first-order valence-corrected chi connectivity index (χ1v) is 11.6. The first-order valence-electron chi connectivity index (χ1n) is 11.6. The van der Waals surface area contributed by atoms with Gasteiger partial charge >= 0.3 is 6.18 Å². The third kappa shape index (κ3) is 6.93. The van der Waals surface area contributed by atoms with Gasteiger partial charge in [0.15, 0.2) is 5.60 Å². The van der Waals surface area contributed by atoms with E-state index in [9.17, 15) is 22.8 Å². The summed E-state index contributed by atoms with van der Waals surface area (Å²) in [6.07, 6.45) is -1.07. The highest BCUT2D eigenvalue weighted by atomic mass is 19.4. The Morgan fingerprint density at radius 2 is 2.00 bits per heavy atom. The Morgan fingerprint density at radius 3 is 2.67 bits per heavy atom. The van der Waals surface area contributed by atoms with Gasteiger partial charge in [-0.25, -0.2) is 0 Å². The van der Waals surface area contributed by atoms with Crippen LogP contribution in [0.3, 0.4) is 0 Å². The zero-order valence-corrected chi connectivity index (χ0v) is 20.8. The van der Waals surface area contributed by atoms with Crippen LogP contribution in [0.4, 0.5) is 13.2 Å². The second kappa shape index (κ2) is 11.2. The van der Waals surface area contributed by atoms with Crippen LogP contribution in [0.15, 0.2) is 40.0 Å². The summed E-state index contributed by atoms with van der Waals surface area (Å²) in [5.74, 6) is -1.18. The maximum atomic E-state index is 12.5. The summed E-state index contributed by atoms with van der Waals surface area (Å²) in [7, 11) is 1.69. The molecule has 11 heteroatoms. The first-order chi connectivity index (χ1) is 16.9. The summed E-state index contributed by atoms with van der Waals surface area (Å²) in [6.45, 7) is 5.04. The second-order valence-corrected chi connectivity index (χ2v) is 9.24. The first kappa shape index (κ1) is 27.4. The molecule has 196 valence electrons. The number of benzene rings is 1. The molecule has 2 aliphatic heterocycles. The smallest absolute Gasteiger partial charge is 0.384 e. The lowest BCUT2D eigenvalue weighted by molar-refractivity contribution is -0.137. The van der Waals surface area contributed by atoms with Crippen molar-refractivity contribution in [2.75, 3.05) is 33.4 Å². The Labute approximate surface area is 208 Å². The number of aryl methyl sites for hydroxylation is 1. The Balaban J connectivity index is 1.63. The summed E-state index contributed by atoms with van der Waals surface area (Å²) in [5.41, 5.74) is 3.72. The van der Waals surface area contributed by atoms with Crippen LogP contribution in [0.25, 0.3) is 0 Å². The number of carbonyl (C=O) groups is 2. The zero-order valence-electron chi connectivity index (χ0n) is 20.8. The standard InChI is InChI=1S/C25H31F3N4O4/c1-15-10-21(29-8-7-18(15)13-35-4)24(3)11-20(32-36-24)17-5-6-19(16(2)9-17)23(34)30-12-22(33)31-14-25(26,27)28/h5-6,9-10,18H,7-8,11-14H2,1-4H3,(H,30,34)(H,31,33). The molecule has 2 amide bonds. The maximum absolute atomic E-state index is 12.5. The number of halogens is 3. The van der Waals surface area contributed by atoms with Crippen molar-refractivity contribution in [3.63, 3.8) is 0 Å². The fraction of sp³-hybridized carbons (Fsp3) is 0.520. The molecule has 1 aromatic carbocycles. The lowest BCUT2D eigenvalue weighted by atomic mass is 9.88. The van der Waals surface area contributed by atoms with Gasteiger partial charge in [0.2, 0.25) is 5.91 Å². The number of rotatable bonds is 8. The summed E-state index contributed by atoms with van der Waals surface area (Å²) in [4.78, 5) is 34.6. The second-order valence-electron chi connectivity index (χ2n) is 9.24. The molecule has 0 fully saturated rings. The molecule has 2 heterocycles. The van der Waals surface area contributed by atoms with Crippen LogP contribution in [0, 0.1) is 12.8 Å². The van der Waals surface area contributed by atoms with Crippen LogP contribution in [-0.2, 0) is 14.4 Å². The van der Waals surface area contributed by atoms with E-state index >= 15 is 0 Å². The maximum Gasteiger partial charge on any atom is 0.405 e. The molecule has 0 radical (unpaired) electrons. The molecular weight excluding hydrogens is 477 g/mol. The summed E-state index contributed by atoms with van der Waals surface area (Å²) < 4.78 is 41.9. The van der Waals surface area contributed by atoms with Crippen LogP contribution < -0.4 is 10.6 Å². The van der Waals surface area contributed by atoms with Crippen molar-refractivity contribution in [1.29, 1.82) is 0 Å². The third-order valence-corrected chi connectivity index (χ3v) is 6.24. The predicted octanol–water partition coefficient (Wildman–Crippen LogP) is 3.34. The molecule has 1 aromatic rings. The number of hydrogen-bond donors (Lipinski definition) is 2. The van der Waals surface area contributed by atoms with Gasteiger partial charge in [0.1, 0.15) is 6.54 Å². The molecule has 0 saturated carbocycles. The van der Waals surface area contributed by atoms with Gasteiger partial charge in [0, 0.05) is 31.6 Å². The third-order valence-electron chi connectivity index (χ3n) is 6.24. The highest BCUT2D eigenvalue weighted by molar-refractivity contribution is 6.10. The molecule has 8 nitrogen and oxygen atoms in total. The van der Waals surface area contributed by atoms with E-state index in [0.29, 0.717) is 42.3 Å². The number of hydrogen-bond acceptors (Lipinski definition) is 6. The minimum Gasteiger partial charge on any atom is -0.384 e. The minimum atomic E-state index is -4.51. The van der Waals surface area contributed by atoms with Crippen molar-refractivity contribution in [2.45, 2.75) is 45.4 Å². The van der Waals surface area contributed by atoms with E-state index < -0.39 is 36.7 Å². The molecular formula is C25H31F3N4O4. The molecule has 2 aliphatic rings. The van der Waals surface area contributed by atoms with Crippen LogP contribution in [0.2, 0.25) is 0 Å². The van der Waals surface area contributed by atoms with Crippen LogP contribution >= 0.6 is 0 Å². The van der Waals surface area contributed by atoms with Gasteiger partial charge in [0.05, 0.1) is 24.6 Å². The Bertz CT molecular complexity index is 1100. The van der Waals surface area contributed by atoms with Crippen molar-refractivity contribution in [3.8, 4) is 0 Å². The molecule has 0 aromatic heterocycles. The summed E-state index contributed by atoms with van der Waals surface area (Å²) in [5, 5.41) is 8.35. The number of carbonyl (C=O) groups excluding carboxylic acids is 2. The topological polar surface area (TPSA) is 101 Å². The zero-order chi connectivity index (χ0) is 26.5. The van der Waals surface area contributed by atoms with E-state index in [1.807, 2.05) is 6.92 Å². The average Bonchev–Trinajstić information content (AvgIpc) is 3.12. The van der Waals surface area contributed by atoms with Crippen molar-refractivity contribution in [3.05, 3.63) is 46.5 Å². The van der Waals surface area contributed by atoms with Gasteiger partial charge in [0.25, 0.3) is 5.91 Å². The van der Waals surface area contributed by atoms with Gasteiger partial charge in [-0.05, 0) is 56.5 Å². The monoisotopic (exact) mass is 508 g/mol. The molecule has 0 bridgehead atoms. The minimum absolute atomic E-state index is 0.304. The van der Waals surface area contributed by atoms with Gasteiger partial charge in [-0.2, -0.15) is 13.2 Å². The van der Waals surface area contributed by atoms with Crippen LogP contribution in [0.5, 0.6) is 0 Å². The largest absolute Gasteiger partial charge is 0.405 e. The Hall–Kier alpha value is -3.21. The van der Waals surface area contributed by atoms with Gasteiger partial charge in [-0.15, -0.1) is 0 Å². The fourth-order valence-corrected chi connectivity index (χ4v) is 4.13. The SMILES string of the molecule is COCC1CCN=C(C2(C)CC(c3ccc(C(=O)NCC(=O)NCC(F)(F)F)c(C)c3)=NO2)C=C1C. The van der Waals surface area contributed by atoms with E-state index in [2.05, 4.69) is 23.5 Å². The molecule has 36 heavy (non-hydrogen) atoms. The number of nitrogens with one attached hydrogen (secondary N) is 2. The van der Waals surface area contributed by atoms with Crippen molar-refractivity contribution >= 4 is 23.2 Å². The van der Waals surface area contributed by atoms with Crippen molar-refractivity contribution in [1.82, 2.24) is 10.6 Å². The predicted molar refractivity (Wildman–Crippen MR) is 129 cm³/mol. The van der Waals surface area contributed by atoms with Gasteiger partial charge in [-0.3, -0.25) is 14.6 Å². The molecule has 0 aliphatic carbocycles. The van der Waals surface area contributed by atoms with E-state index in [1.54, 1.807) is 37.5 Å². The summed E-state index contributed by atoms with van der Waals surface area (Å²) in [6, 6.07) is 5.11. The molecule has 0 saturated heterocycles. The van der Waals surface area contributed by atoms with Crippen LogP contribution in [-0.4, -0.2) is 68.4 Å². The van der Waals surface area contributed by atoms with Crippen molar-refractivity contribution < 1.29 is 32.3 Å². The van der Waals surface area contributed by atoms with E-state index in [1.165, 1.54) is 5.57 Å². The molecule has 3 rings (SSSR count). The molecule has 2 N–H and O–H groups in total. The molecule has 2 unspecified atom stereocenters. The quantitative estimate of drug-likeness (QED) is 0.563. The lowest BCUT2D eigenvalue weighted by Gasteiger charge is -2.22. The number of amides is 2. The number of ether oxygens (including phenoxy) is 1. The highest BCUT2D eigenvalue weighted by Crippen LogP contribution is 2.32. The van der Waals surface area contributed by atoms with Gasteiger partial charge in [-0.1, -0.05) is 16.8 Å². The Morgan fingerprint density at radius 1 is 1.25 bits per heavy atom. The summed E-state index contributed by atoms with van der Waals surface area (Å²) >= 11 is 0. The van der Waals surface area contributed by atoms with Crippen LogP contribution in [0.1, 0.15) is 48.2 Å². The fourth-order valence-electron chi connectivity index (χ4n) is 4.13. The Kier molecular flexibility index (Phi) is 8.55. The van der Waals surface area contributed by atoms with E-state index in [-0.39, 0.29) is 0 Å². The average molecular weight is 509 g/mol.